The van der Waals surface area contributed by atoms with Crippen LogP contribution in [0.4, 0.5) is 17.5 Å². The molecule has 1 aliphatic rings. The maximum atomic E-state index is 11.1. The van der Waals surface area contributed by atoms with Gasteiger partial charge in [0.1, 0.15) is 6.20 Å². The van der Waals surface area contributed by atoms with Gasteiger partial charge in [0.25, 0.3) is 0 Å². The number of aliphatic hydroxyl groups is 1. The molecule has 1 saturated heterocycles. The van der Waals surface area contributed by atoms with Gasteiger partial charge < -0.3 is 15.7 Å². The van der Waals surface area contributed by atoms with Crippen LogP contribution in [0.25, 0.3) is 0 Å². The zero-order chi connectivity index (χ0) is 13.8. The molecule has 1 aliphatic heterocycles. The van der Waals surface area contributed by atoms with E-state index in [9.17, 15) is 15.2 Å². The van der Waals surface area contributed by atoms with Gasteiger partial charge in [0.15, 0.2) is 0 Å². The largest absolute Gasteiger partial charge is 0.394 e. The van der Waals surface area contributed by atoms with Crippen LogP contribution in [0.5, 0.6) is 0 Å². The molecule has 0 aromatic carbocycles. The normalized spacial score (nSPS) is 20.1. The molecule has 0 aliphatic carbocycles. The number of aromatic nitrogens is 2. The van der Waals surface area contributed by atoms with Crippen LogP contribution in [0.2, 0.25) is 0 Å². The first-order valence-corrected chi connectivity index (χ1v) is 6.28. The summed E-state index contributed by atoms with van der Waals surface area (Å²) >= 11 is 0. The summed E-state index contributed by atoms with van der Waals surface area (Å²) < 4.78 is 0. The molecule has 19 heavy (non-hydrogen) atoms. The highest BCUT2D eigenvalue weighted by Crippen LogP contribution is 2.30. The molecule has 1 fully saturated rings. The minimum atomic E-state index is -0.520. The number of nitro groups is 1. The summed E-state index contributed by atoms with van der Waals surface area (Å²) in [6, 6.07) is -0.157. The zero-order valence-corrected chi connectivity index (χ0v) is 10.5. The molecule has 0 amide bonds. The van der Waals surface area contributed by atoms with Crippen LogP contribution < -0.4 is 10.6 Å². The van der Waals surface area contributed by atoms with E-state index in [0.29, 0.717) is 6.54 Å². The summed E-state index contributed by atoms with van der Waals surface area (Å²) in [6.07, 6.45) is 4.86. The number of aliphatic hydroxyl groups excluding tert-OH is 1. The zero-order valence-electron chi connectivity index (χ0n) is 10.5. The summed E-state index contributed by atoms with van der Waals surface area (Å²) in [5.41, 5.74) is 5.35. The molecule has 0 radical (unpaired) electrons. The van der Waals surface area contributed by atoms with Crippen molar-refractivity contribution in [1.82, 2.24) is 9.97 Å². The summed E-state index contributed by atoms with van der Waals surface area (Å²) in [5.74, 6) is 0.208. The Balaban J connectivity index is 2.42. The first kappa shape index (κ1) is 13.5. The van der Waals surface area contributed by atoms with Gasteiger partial charge in [-0.15, -0.1) is 0 Å². The fraction of sp³-hybridized carbons (Fsp3) is 0.636. The van der Waals surface area contributed by atoms with Crippen molar-refractivity contribution >= 4 is 17.5 Å². The van der Waals surface area contributed by atoms with Crippen molar-refractivity contribution in [3.05, 3.63) is 16.3 Å². The average molecular weight is 267 g/mol. The van der Waals surface area contributed by atoms with Gasteiger partial charge in [0.05, 0.1) is 17.6 Å². The number of nitrogens with zero attached hydrogens (tertiary/aromatic N) is 4. The molecule has 1 unspecified atom stereocenters. The highest BCUT2D eigenvalue weighted by atomic mass is 16.6. The van der Waals surface area contributed by atoms with E-state index in [-0.39, 0.29) is 30.1 Å². The van der Waals surface area contributed by atoms with Crippen LogP contribution in [0, 0.1) is 10.1 Å². The number of nitrogens with two attached hydrogens (primary N) is 1. The minimum Gasteiger partial charge on any atom is -0.394 e. The van der Waals surface area contributed by atoms with Crippen molar-refractivity contribution in [2.24, 2.45) is 0 Å². The smallest absolute Gasteiger partial charge is 0.329 e. The number of rotatable bonds is 3. The van der Waals surface area contributed by atoms with Gasteiger partial charge in [0, 0.05) is 6.54 Å². The van der Waals surface area contributed by atoms with Crippen molar-refractivity contribution in [2.75, 3.05) is 23.8 Å². The molecular weight excluding hydrogens is 250 g/mol. The van der Waals surface area contributed by atoms with E-state index in [2.05, 4.69) is 9.97 Å². The lowest BCUT2D eigenvalue weighted by Gasteiger charge is -2.29. The fourth-order valence-corrected chi connectivity index (χ4v) is 2.37. The summed E-state index contributed by atoms with van der Waals surface area (Å²) in [6.45, 7) is 0.573. The summed E-state index contributed by atoms with van der Waals surface area (Å²) in [7, 11) is 0. The highest BCUT2D eigenvalue weighted by Gasteiger charge is 2.28. The van der Waals surface area contributed by atoms with Gasteiger partial charge in [-0.05, 0) is 12.8 Å². The number of anilines is 2. The van der Waals surface area contributed by atoms with E-state index < -0.39 is 4.92 Å². The van der Waals surface area contributed by atoms with Crippen molar-refractivity contribution in [2.45, 2.75) is 31.7 Å². The third kappa shape index (κ3) is 2.90. The Morgan fingerprint density at radius 3 is 3.00 bits per heavy atom. The minimum absolute atomic E-state index is 0.00142. The number of nitrogen functional groups attached to an aromatic ring is 1. The van der Waals surface area contributed by atoms with Crippen molar-refractivity contribution in [1.29, 1.82) is 0 Å². The van der Waals surface area contributed by atoms with Gasteiger partial charge in [0.2, 0.25) is 11.8 Å². The molecule has 104 valence electrons. The Labute approximate surface area is 110 Å². The summed E-state index contributed by atoms with van der Waals surface area (Å²) in [4.78, 5) is 20.0. The third-order valence-electron chi connectivity index (χ3n) is 3.33. The van der Waals surface area contributed by atoms with E-state index in [1.165, 1.54) is 0 Å². The predicted octanol–water partition coefficient (Wildman–Crippen LogP) is 0.708. The van der Waals surface area contributed by atoms with Gasteiger partial charge in [-0.1, -0.05) is 12.8 Å². The Morgan fingerprint density at radius 2 is 2.32 bits per heavy atom. The van der Waals surface area contributed by atoms with E-state index in [1.807, 2.05) is 0 Å². The molecule has 8 nitrogen and oxygen atoms in total. The predicted molar refractivity (Wildman–Crippen MR) is 69.8 cm³/mol. The van der Waals surface area contributed by atoms with Crippen LogP contribution in [0.1, 0.15) is 25.7 Å². The average Bonchev–Trinajstić information content (AvgIpc) is 2.63. The quantitative estimate of drug-likeness (QED) is 0.611. The molecule has 0 bridgehead atoms. The van der Waals surface area contributed by atoms with E-state index in [1.54, 1.807) is 4.90 Å². The van der Waals surface area contributed by atoms with Crippen LogP contribution in [0.15, 0.2) is 6.20 Å². The van der Waals surface area contributed by atoms with E-state index >= 15 is 0 Å². The van der Waals surface area contributed by atoms with Gasteiger partial charge in [-0.2, -0.15) is 4.98 Å². The van der Waals surface area contributed by atoms with Gasteiger partial charge in [-0.25, -0.2) is 4.98 Å². The molecule has 8 heteroatoms. The van der Waals surface area contributed by atoms with Crippen LogP contribution in [-0.4, -0.2) is 39.2 Å². The Bertz CT molecular complexity index is 468. The fourth-order valence-electron chi connectivity index (χ4n) is 2.37. The molecule has 1 atom stereocenters. The molecule has 1 aromatic rings. The van der Waals surface area contributed by atoms with Crippen LogP contribution in [0.3, 0.4) is 0 Å². The molecule has 2 rings (SSSR count). The topological polar surface area (TPSA) is 118 Å². The maximum Gasteiger partial charge on any atom is 0.329 e. The Kier molecular flexibility index (Phi) is 4.10. The standard InChI is InChI=1S/C11H17N5O3/c12-11-13-6-9(16(18)19)10(14-11)15-5-3-1-2-4-8(15)7-17/h6,8,17H,1-5,7H2,(H2,12,13,14). The molecule has 1 aromatic heterocycles. The van der Waals surface area contributed by atoms with E-state index in [0.717, 1.165) is 31.9 Å². The number of hydrogen-bond donors (Lipinski definition) is 2. The second-order valence-electron chi connectivity index (χ2n) is 4.57. The van der Waals surface area contributed by atoms with E-state index in [4.69, 9.17) is 5.73 Å². The second kappa shape index (κ2) is 5.79. The SMILES string of the molecule is Nc1ncc([N+](=O)[O-])c(N2CCCCCC2CO)n1. The Hall–Kier alpha value is -1.96. The van der Waals surface area contributed by atoms with Crippen molar-refractivity contribution in [3.63, 3.8) is 0 Å². The molecule has 0 saturated carbocycles. The third-order valence-corrected chi connectivity index (χ3v) is 3.33. The van der Waals surface area contributed by atoms with Crippen LogP contribution >= 0.6 is 0 Å². The molecule has 0 spiro atoms. The molecule has 3 N–H and O–H groups in total. The maximum absolute atomic E-state index is 11.1. The Morgan fingerprint density at radius 1 is 1.53 bits per heavy atom. The highest BCUT2D eigenvalue weighted by molar-refractivity contribution is 5.59. The lowest BCUT2D eigenvalue weighted by molar-refractivity contribution is -0.384. The first-order chi connectivity index (χ1) is 9.13. The number of hydrogen-bond acceptors (Lipinski definition) is 7. The second-order valence-corrected chi connectivity index (χ2v) is 4.57. The van der Waals surface area contributed by atoms with Gasteiger partial charge in [-0.3, -0.25) is 10.1 Å². The lowest BCUT2D eigenvalue weighted by atomic mass is 10.1. The monoisotopic (exact) mass is 267 g/mol. The van der Waals surface area contributed by atoms with Crippen molar-refractivity contribution in [3.8, 4) is 0 Å². The molecular formula is C11H17N5O3. The molecule has 2 heterocycles. The van der Waals surface area contributed by atoms with Crippen molar-refractivity contribution < 1.29 is 10.0 Å². The van der Waals surface area contributed by atoms with Crippen LogP contribution in [-0.2, 0) is 0 Å². The summed E-state index contributed by atoms with van der Waals surface area (Å²) in [5, 5.41) is 20.5. The first-order valence-electron chi connectivity index (χ1n) is 6.28. The lowest BCUT2D eigenvalue weighted by Crippen LogP contribution is -2.38. The van der Waals surface area contributed by atoms with Gasteiger partial charge >= 0.3 is 5.69 Å².